The van der Waals surface area contributed by atoms with Crippen molar-refractivity contribution in [2.45, 2.75) is 6.17 Å². The van der Waals surface area contributed by atoms with Crippen molar-refractivity contribution in [3.63, 3.8) is 0 Å². The molecule has 2 aliphatic rings. The summed E-state index contributed by atoms with van der Waals surface area (Å²) in [5, 5.41) is 0.683. The van der Waals surface area contributed by atoms with Crippen molar-refractivity contribution in [1.29, 1.82) is 0 Å². The summed E-state index contributed by atoms with van der Waals surface area (Å²) in [5.41, 5.74) is 0.941. The largest absolute Gasteiger partial charge is 0.379 e. The summed E-state index contributed by atoms with van der Waals surface area (Å²) in [6.07, 6.45) is 0.837. The number of hydrogen-bond donors (Lipinski definition) is 0. The van der Waals surface area contributed by atoms with Crippen LogP contribution in [0.2, 0.25) is 5.02 Å². The van der Waals surface area contributed by atoms with Gasteiger partial charge in [-0.15, -0.1) is 0 Å². The molecule has 1 aromatic carbocycles. The van der Waals surface area contributed by atoms with E-state index in [4.69, 9.17) is 16.3 Å². The van der Waals surface area contributed by atoms with E-state index in [0.717, 1.165) is 38.3 Å². The van der Waals surface area contributed by atoms with Crippen LogP contribution in [-0.2, 0) is 9.53 Å². The van der Waals surface area contributed by atoms with Crippen molar-refractivity contribution in [2.75, 3.05) is 37.7 Å². The van der Waals surface area contributed by atoms with Gasteiger partial charge in [-0.1, -0.05) is 11.6 Å². The normalized spacial score (nSPS) is 23.8. The highest BCUT2D eigenvalue weighted by Crippen LogP contribution is 2.23. The lowest BCUT2D eigenvalue weighted by atomic mass is 10.2. The number of aldehydes is 1. The molecule has 1 atom stereocenters. The molecule has 0 spiro atoms. The molecule has 5 nitrogen and oxygen atoms in total. The molecule has 3 rings (SSSR count). The first kappa shape index (κ1) is 13.5. The molecule has 0 saturated carbocycles. The molecule has 106 valence electrons. The van der Waals surface area contributed by atoms with E-state index >= 15 is 0 Å². The first-order valence-corrected chi connectivity index (χ1v) is 7.03. The molecule has 0 N–H and O–H groups in total. The molecule has 1 saturated heterocycles. The molecule has 0 aliphatic carbocycles. The van der Waals surface area contributed by atoms with Crippen molar-refractivity contribution in [3.8, 4) is 0 Å². The van der Waals surface area contributed by atoms with Crippen molar-refractivity contribution in [3.05, 3.63) is 29.3 Å². The highest BCUT2D eigenvalue weighted by molar-refractivity contribution is 6.34. The fourth-order valence-electron chi connectivity index (χ4n) is 2.55. The Bertz CT molecular complexity index is 512. The average Bonchev–Trinajstić information content (AvgIpc) is 2.93. The van der Waals surface area contributed by atoms with E-state index in [1.807, 2.05) is 29.2 Å². The highest BCUT2D eigenvalue weighted by atomic mass is 35.5. The van der Waals surface area contributed by atoms with Gasteiger partial charge in [-0.25, -0.2) is 4.99 Å². The van der Waals surface area contributed by atoms with E-state index in [1.165, 1.54) is 0 Å². The number of carbonyl (C=O) groups is 1. The molecule has 0 aromatic heterocycles. The lowest BCUT2D eigenvalue weighted by Gasteiger charge is -2.30. The quantitative estimate of drug-likeness (QED) is 0.791. The summed E-state index contributed by atoms with van der Waals surface area (Å²) in [6.45, 7) is 3.85. The van der Waals surface area contributed by atoms with Crippen LogP contribution in [0, 0.1) is 0 Å². The Kier molecular flexibility index (Phi) is 4.00. The van der Waals surface area contributed by atoms with E-state index in [1.54, 1.807) is 0 Å². The molecular weight excluding hydrogens is 278 g/mol. The minimum absolute atomic E-state index is 0.0229. The van der Waals surface area contributed by atoms with Crippen LogP contribution >= 0.6 is 11.6 Å². The molecule has 0 amide bonds. The Morgan fingerprint density at radius 2 is 1.95 bits per heavy atom. The first-order valence-electron chi connectivity index (χ1n) is 6.66. The van der Waals surface area contributed by atoms with Crippen LogP contribution in [0.5, 0.6) is 0 Å². The number of aliphatic imine (C=N–C) groups is 1. The van der Waals surface area contributed by atoms with Gasteiger partial charge in [0.1, 0.15) is 6.17 Å². The van der Waals surface area contributed by atoms with Gasteiger partial charge in [-0.2, -0.15) is 0 Å². The minimum atomic E-state index is 0.0229. The fraction of sp³-hybridized carbons (Fsp3) is 0.429. The number of benzene rings is 1. The average molecular weight is 294 g/mol. The van der Waals surface area contributed by atoms with Crippen LogP contribution in [0.1, 0.15) is 0 Å². The van der Waals surface area contributed by atoms with E-state index in [0.29, 0.717) is 17.4 Å². The van der Waals surface area contributed by atoms with Gasteiger partial charge in [0.15, 0.2) is 12.1 Å². The zero-order valence-electron chi connectivity index (χ0n) is 11.0. The van der Waals surface area contributed by atoms with Crippen LogP contribution in [0.4, 0.5) is 5.69 Å². The molecule has 6 heteroatoms. The number of anilines is 1. The number of rotatable bonds is 3. The number of ether oxygens (including phenoxy) is 1. The van der Waals surface area contributed by atoms with Crippen LogP contribution in [-0.4, -0.2) is 56.0 Å². The van der Waals surface area contributed by atoms with Gasteiger partial charge in [0.25, 0.3) is 0 Å². The molecule has 1 unspecified atom stereocenters. The molecule has 1 fully saturated rings. The van der Waals surface area contributed by atoms with Gasteiger partial charge in [-0.3, -0.25) is 9.69 Å². The molecule has 1 aromatic rings. The van der Waals surface area contributed by atoms with Gasteiger partial charge in [0.05, 0.1) is 19.8 Å². The van der Waals surface area contributed by atoms with Crippen molar-refractivity contribution in [1.82, 2.24) is 4.90 Å². The Morgan fingerprint density at radius 3 is 2.60 bits per heavy atom. The topological polar surface area (TPSA) is 45.1 Å². The highest BCUT2D eigenvalue weighted by Gasteiger charge is 2.30. The zero-order valence-corrected chi connectivity index (χ0v) is 11.8. The molecule has 0 bridgehead atoms. The van der Waals surface area contributed by atoms with E-state index in [9.17, 15) is 4.79 Å². The summed E-state index contributed by atoms with van der Waals surface area (Å²) >= 11 is 5.90. The number of carbonyl (C=O) groups excluding carboxylic acids is 1. The Balaban J connectivity index is 1.78. The molecule has 2 heterocycles. The van der Waals surface area contributed by atoms with Gasteiger partial charge >= 0.3 is 0 Å². The maximum absolute atomic E-state index is 11.2. The smallest absolute Gasteiger partial charge is 0.185 e. The van der Waals surface area contributed by atoms with Crippen molar-refractivity contribution in [2.24, 2.45) is 4.99 Å². The predicted octanol–water partition coefficient (Wildman–Crippen LogP) is 1.42. The second-order valence-electron chi connectivity index (χ2n) is 4.82. The van der Waals surface area contributed by atoms with Crippen LogP contribution in [0.3, 0.4) is 0 Å². The monoisotopic (exact) mass is 293 g/mol. The second kappa shape index (κ2) is 5.91. The number of morpholine rings is 1. The second-order valence-corrected chi connectivity index (χ2v) is 5.26. The fourth-order valence-corrected chi connectivity index (χ4v) is 2.67. The molecule has 2 aliphatic heterocycles. The summed E-state index contributed by atoms with van der Waals surface area (Å²) in [5.74, 6) is 0.476. The minimum Gasteiger partial charge on any atom is -0.379 e. The summed E-state index contributed by atoms with van der Waals surface area (Å²) < 4.78 is 5.35. The first-order chi connectivity index (χ1) is 9.78. The SMILES string of the molecule is O=CC1=NC(N2CCOCC2)CN1c1ccc(Cl)cc1. The van der Waals surface area contributed by atoms with E-state index in [2.05, 4.69) is 9.89 Å². The summed E-state index contributed by atoms with van der Waals surface area (Å²) in [6, 6.07) is 7.45. The third-order valence-electron chi connectivity index (χ3n) is 3.61. The number of nitrogens with zero attached hydrogens (tertiary/aromatic N) is 3. The number of amidine groups is 1. The Hall–Kier alpha value is -1.43. The maximum atomic E-state index is 11.2. The van der Waals surface area contributed by atoms with Crippen molar-refractivity contribution < 1.29 is 9.53 Å². The van der Waals surface area contributed by atoms with E-state index in [-0.39, 0.29) is 6.17 Å². The standard InChI is InChI=1S/C14H16ClN3O2/c15-11-1-3-12(4-2-11)18-9-13(16-14(18)10-19)17-5-7-20-8-6-17/h1-4,10,13H,5-9H2. The Labute approximate surface area is 122 Å². The lowest BCUT2D eigenvalue weighted by molar-refractivity contribution is -0.102. The van der Waals surface area contributed by atoms with Gasteiger partial charge in [0.2, 0.25) is 0 Å². The zero-order chi connectivity index (χ0) is 13.9. The van der Waals surface area contributed by atoms with Crippen LogP contribution < -0.4 is 4.90 Å². The molecule has 20 heavy (non-hydrogen) atoms. The molecular formula is C14H16ClN3O2. The number of hydrogen-bond acceptors (Lipinski definition) is 5. The van der Waals surface area contributed by atoms with Gasteiger partial charge < -0.3 is 9.64 Å². The number of halogens is 1. The van der Waals surface area contributed by atoms with Crippen molar-refractivity contribution >= 4 is 29.4 Å². The van der Waals surface area contributed by atoms with Gasteiger partial charge in [-0.05, 0) is 24.3 Å². The Morgan fingerprint density at radius 1 is 1.25 bits per heavy atom. The third-order valence-corrected chi connectivity index (χ3v) is 3.87. The molecule has 0 radical (unpaired) electrons. The summed E-state index contributed by atoms with van der Waals surface area (Å²) in [4.78, 5) is 20.0. The van der Waals surface area contributed by atoms with Crippen LogP contribution in [0.15, 0.2) is 29.3 Å². The maximum Gasteiger partial charge on any atom is 0.185 e. The summed E-state index contributed by atoms with van der Waals surface area (Å²) in [7, 11) is 0. The third kappa shape index (κ3) is 2.70. The van der Waals surface area contributed by atoms with E-state index < -0.39 is 0 Å². The predicted molar refractivity (Wildman–Crippen MR) is 78.5 cm³/mol. The van der Waals surface area contributed by atoms with Gasteiger partial charge in [0, 0.05) is 23.8 Å². The lowest BCUT2D eigenvalue weighted by Crippen LogP contribution is -2.45. The van der Waals surface area contributed by atoms with Crippen LogP contribution in [0.25, 0.3) is 0 Å².